The minimum Gasteiger partial charge on any atom is -0.386 e. The topological polar surface area (TPSA) is 72.5 Å². The average molecular weight is 409 g/mol. The van der Waals surface area contributed by atoms with Crippen molar-refractivity contribution in [3.05, 3.63) is 20.5 Å². The maximum atomic E-state index is 14.1. The fourth-order valence-corrected chi connectivity index (χ4v) is 6.78. The smallest absolute Gasteiger partial charge is 0.165 e. The van der Waals surface area contributed by atoms with Crippen molar-refractivity contribution in [1.82, 2.24) is 0 Å². The van der Waals surface area contributed by atoms with Gasteiger partial charge in [-0.25, -0.2) is 12.8 Å². The summed E-state index contributed by atoms with van der Waals surface area (Å²) in [6.07, 6.45) is 2.60. The largest absolute Gasteiger partial charge is 0.386 e. The van der Waals surface area contributed by atoms with Crippen LogP contribution >= 0.6 is 27.3 Å². The Morgan fingerprint density at radius 1 is 1.50 bits per heavy atom. The van der Waals surface area contributed by atoms with Crippen molar-refractivity contribution in [3.8, 4) is 0 Å². The monoisotopic (exact) mass is 408 g/mol. The number of rotatable bonds is 3. The Labute approximate surface area is 142 Å². The summed E-state index contributed by atoms with van der Waals surface area (Å²) < 4.78 is 39.4. The average Bonchev–Trinajstić information content (AvgIpc) is 3.10. The lowest BCUT2D eigenvalue weighted by molar-refractivity contribution is 0.470. The van der Waals surface area contributed by atoms with Crippen LogP contribution in [0, 0.1) is 11.7 Å². The number of thiophene rings is 1. The van der Waals surface area contributed by atoms with Crippen molar-refractivity contribution in [3.63, 3.8) is 0 Å². The third-order valence-electron chi connectivity index (χ3n) is 4.59. The second-order valence-corrected chi connectivity index (χ2v) is 11.5. The summed E-state index contributed by atoms with van der Waals surface area (Å²) in [5.41, 5.74) is 4.92. The summed E-state index contributed by atoms with van der Waals surface area (Å²) >= 11 is 4.39. The van der Waals surface area contributed by atoms with Gasteiger partial charge >= 0.3 is 0 Å². The first-order valence-corrected chi connectivity index (χ1v) is 10.4. The lowest BCUT2D eigenvalue weighted by atomic mass is 9.98. The molecular formula is C14H18BrFN2O2S2. The molecule has 1 aromatic heterocycles. The molecule has 1 aromatic rings. The van der Waals surface area contributed by atoms with E-state index in [-0.39, 0.29) is 11.6 Å². The zero-order valence-corrected chi connectivity index (χ0v) is 15.6. The molecule has 0 amide bonds. The fraction of sp³-hybridized carbons (Fsp3) is 0.643. The van der Waals surface area contributed by atoms with Crippen LogP contribution in [-0.2, 0) is 15.4 Å². The predicted molar refractivity (Wildman–Crippen MR) is 90.5 cm³/mol. The molecule has 2 N–H and O–H groups in total. The van der Waals surface area contributed by atoms with Gasteiger partial charge in [-0.05, 0) is 48.2 Å². The van der Waals surface area contributed by atoms with Gasteiger partial charge in [0.05, 0.1) is 14.4 Å². The molecule has 2 atom stereocenters. The van der Waals surface area contributed by atoms with Gasteiger partial charge in [-0.3, -0.25) is 4.99 Å². The summed E-state index contributed by atoms with van der Waals surface area (Å²) in [6, 6.07) is 1.33. The van der Waals surface area contributed by atoms with Crippen molar-refractivity contribution >= 4 is 42.9 Å². The van der Waals surface area contributed by atoms with Gasteiger partial charge in [0.15, 0.2) is 9.84 Å². The first-order valence-electron chi connectivity index (χ1n) is 7.11. The van der Waals surface area contributed by atoms with E-state index in [1.54, 1.807) is 13.8 Å². The molecule has 0 saturated heterocycles. The molecule has 0 bridgehead atoms. The Kier molecular flexibility index (Phi) is 3.73. The van der Waals surface area contributed by atoms with E-state index in [2.05, 4.69) is 20.9 Å². The third kappa shape index (κ3) is 2.53. The molecule has 122 valence electrons. The molecule has 2 unspecified atom stereocenters. The Bertz CT molecular complexity index is 757. The Morgan fingerprint density at radius 2 is 2.14 bits per heavy atom. The van der Waals surface area contributed by atoms with Gasteiger partial charge in [-0.15, -0.1) is 11.3 Å². The molecule has 3 rings (SSSR count). The molecule has 0 aromatic carbocycles. The highest BCUT2D eigenvalue weighted by atomic mass is 79.9. The quantitative estimate of drug-likeness (QED) is 0.833. The Balaban J connectivity index is 2.09. The van der Waals surface area contributed by atoms with E-state index in [0.717, 1.165) is 24.2 Å². The van der Waals surface area contributed by atoms with Gasteiger partial charge in [0.25, 0.3) is 0 Å². The summed E-state index contributed by atoms with van der Waals surface area (Å²) in [5.74, 6) is -0.146. The number of amidine groups is 1. The van der Waals surface area contributed by atoms with Crippen molar-refractivity contribution in [2.75, 3.05) is 5.75 Å². The lowest BCUT2D eigenvalue weighted by Crippen LogP contribution is -2.56. The van der Waals surface area contributed by atoms with E-state index in [9.17, 15) is 12.8 Å². The molecule has 1 aliphatic carbocycles. The minimum atomic E-state index is -3.52. The van der Waals surface area contributed by atoms with Crippen LogP contribution in [0.15, 0.2) is 14.8 Å². The zero-order chi connectivity index (χ0) is 16.3. The van der Waals surface area contributed by atoms with Crippen LogP contribution in [0.2, 0.25) is 0 Å². The number of hydrogen-bond acceptors (Lipinski definition) is 5. The maximum absolute atomic E-state index is 14.1. The number of sulfone groups is 1. The molecule has 2 heterocycles. The van der Waals surface area contributed by atoms with Crippen LogP contribution in [0.3, 0.4) is 0 Å². The van der Waals surface area contributed by atoms with Gasteiger partial charge in [0.2, 0.25) is 0 Å². The highest BCUT2D eigenvalue weighted by Gasteiger charge is 2.54. The van der Waals surface area contributed by atoms with Gasteiger partial charge in [0, 0.05) is 0 Å². The van der Waals surface area contributed by atoms with E-state index < -0.39 is 25.9 Å². The van der Waals surface area contributed by atoms with E-state index in [4.69, 9.17) is 5.73 Å². The summed E-state index contributed by atoms with van der Waals surface area (Å²) in [4.78, 5) is 4.76. The summed E-state index contributed by atoms with van der Waals surface area (Å²) in [6.45, 7) is 3.29. The molecule has 2 aliphatic rings. The van der Waals surface area contributed by atoms with E-state index in [0.29, 0.717) is 21.0 Å². The van der Waals surface area contributed by atoms with Crippen molar-refractivity contribution < 1.29 is 12.8 Å². The third-order valence-corrected chi connectivity index (χ3v) is 9.14. The second kappa shape index (κ2) is 5.01. The van der Waals surface area contributed by atoms with Gasteiger partial charge in [-0.2, -0.15) is 0 Å². The van der Waals surface area contributed by atoms with Crippen LogP contribution < -0.4 is 5.73 Å². The minimum absolute atomic E-state index is 0.108. The molecule has 1 fully saturated rings. The predicted octanol–water partition coefficient (Wildman–Crippen LogP) is 3.21. The Morgan fingerprint density at radius 3 is 2.59 bits per heavy atom. The normalized spacial score (nSPS) is 34.5. The van der Waals surface area contributed by atoms with Crippen LogP contribution in [-0.4, -0.2) is 24.8 Å². The van der Waals surface area contributed by atoms with Gasteiger partial charge in [0.1, 0.15) is 21.9 Å². The number of halogens is 2. The molecule has 22 heavy (non-hydrogen) atoms. The van der Waals surface area contributed by atoms with Crippen molar-refractivity contribution in [1.29, 1.82) is 0 Å². The first-order chi connectivity index (χ1) is 10.1. The van der Waals surface area contributed by atoms with E-state index in [1.807, 2.05) is 0 Å². The number of hydrogen-bond donors (Lipinski definition) is 1. The molecule has 1 aliphatic heterocycles. The van der Waals surface area contributed by atoms with Crippen molar-refractivity contribution in [2.24, 2.45) is 16.6 Å². The Hall–Kier alpha value is -0.470. The fourth-order valence-electron chi connectivity index (χ4n) is 3.03. The summed E-state index contributed by atoms with van der Waals surface area (Å²) in [5, 5.41) is 0. The molecule has 4 nitrogen and oxygen atoms in total. The lowest BCUT2D eigenvalue weighted by Gasteiger charge is -2.39. The molecule has 0 spiro atoms. The molecule has 1 saturated carbocycles. The molecule has 0 radical (unpaired) electrons. The standard InChI is InChI=1S/C14H18BrFN2O2S2/c1-13(11-9(16)5-10(15)21-11)7-22(19,20)14(2,12(17)18-13)6-8-3-4-8/h5,8H,3-4,6-7H2,1-2H3,(H2,17,18). The SMILES string of the molecule is CC1(c2sc(Br)cc2F)CS(=O)(=O)C(C)(CC2CC2)C(N)=N1. The van der Waals surface area contributed by atoms with Gasteiger partial charge in [-0.1, -0.05) is 12.8 Å². The number of nitrogens with zero attached hydrogens (tertiary/aromatic N) is 1. The van der Waals surface area contributed by atoms with Crippen LogP contribution in [0.5, 0.6) is 0 Å². The highest BCUT2D eigenvalue weighted by Crippen LogP contribution is 2.46. The van der Waals surface area contributed by atoms with Gasteiger partial charge < -0.3 is 5.73 Å². The maximum Gasteiger partial charge on any atom is 0.165 e. The molecule has 8 heteroatoms. The van der Waals surface area contributed by atoms with Crippen LogP contribution in [0.1, 0.15) is 38.0 Å². The summed E-state index contributed by atoms with van der Waals surface area (Å²) in [7, 11) is -3.52. The second-order valence-electron chi connectivity index (χ2n) is 6.64. The van der Waals surface area contributed by atoms with Crippen LogP contribution in [0.4, 0.5) is 4.39 Å². The van der Waals surface area contributed by atoms with E-state index in [1.165, 1.54) is 6.07 Å². The van der Waals surface area contributed by atoms with Crippen molar-refractivity contribution in [2.45, 2.75) is 43.4 Å². The van der Waals surface area contributed by atoms with E-state index >= 15 is 0 Å². The zero-order valence-electron chi connectivity index (χ0n) is 12.4. The van der Waals surface area contributed by atoms with Crippen LogP contribution in [0.25, 0.3) is 0 Å². The molecular weight excluding hydrogens is 391 g/mol. The number of aliphatic imine (C=N–C) groups is 1. The highest BCUT2D eigenvalue weighted by molar-refractivity contribution is 9.11. The number of nitrogens with two attached hydrogens (primary N) is 1. The first kappa shape index (κ1) is 16.4.